The Morgan fingerprint density at radius 3 is 3.00 bits per heavy atom. The molecule has 5 heteroatoms. The van der Waals surface area contributed by atoms with Gasteiger partial charge in [-0.1, -0.05) is 4.49 Å². The third-order valence-corrected chi connectivity index (χ3v) is 2.51. The number of hydrogen-bond donors (Lipinski definition) is 1. The van der Waals surface area contributed by atoms with Crippen molar-refractivity contribution in [3.63, 3.8) is 0 Å². The molecule has 2 heterocycles. The van der Waals surface area contributed by atoms with Crippen LogP contribution in [0.2, 0.25) is 0 Å². The second-order valence-electron chi connectivity index (χ2n) is 3.16. The third kappa shape index (κ3) is 2.00. The van der Waals surface area contributed by atoms with E-state index < -0.39 is 0 Å². The first-order valence-electron chi connectivity index (χ1n) is 4.33. The van der Waals surface area contributed by atoms with Gasteiger partial charge in [-0.2, -0.15) is 0 Å². The lowest BCUT2D eigenvalue weighted by Crippen LogP contribution is -2.12. The van der Waals surface area contributed by atoms with Crippen LogP contribution in [-0.2, 0) is 6.42 Å². The Labute approximate surface area is 85.9 Å². The Morgan fingerprint density at radius 1 is 1.57 bits per heavy atom. The fraction of sp³-hybridized carbons (Fsp3) is 0.333. The molecule has 0 fully saturated rings. The smallest absolute Gasteiger partial charge is 0.121 e. The van der Waals surface area contributed by atoms with E-state index in [4.69, 9.17) is 10.2 Å². The van der Waals surface area contributed by atoms with Crippen LogP contribution >= 0.6 is 11.5 Å². The minimum Gasteiger partial charge on any atom is -0.465 e. The Morgan fingerprint density at radius 2 is 2.43 bits per heavy atom. The molecule has 0 radical (unpaired) electrons. The average molecular weight is 209 g/mol. The molecule has 14 heavy (non-hydrogen) atoms. The van der Waals surface area contributed by atoms with Crippen LogP contribution in [-0.4, -0.2) is 9.59 Å². The van der Waals surface area contributed by atoms with Crippen LogP contribution in [0.3, 0.4) is 0 Å². The van der Waals surface area contributed by atoms with Crippen LogP contribution in [0.5, 0.6) is 0 Å². The molecule has 0 saturated heterocycles. The van der Waals surface area contributed by atoms with Gasteiger partial charge in [-0.3, -0.25) is 0 Å². The van der Waals surface area contributed by atoms with E-state index in [1.54, 1.807) is 0 Å². The second kappa shape index (κ2) is 3.89. The van der Waals surface area contributed by atoms with Crippen molar-refractivity contribution in [2.75, 3.05) is 0 Å². The van der Waals surface area contributed by atoms with E-state index in [0.717, 1.165) is 17.2 Å². The van der Waals surface area contributed by atoms with Gasteiger partial charge in [0.15, 0.2) is 0 Å². The highest BCUT2D eigenvalue weighted by atomic mass is 32.1. The predicted octanol–water partition coefficient (Wildman–Crippen LogP) is 1.68. The van der Waals surface area contributed by atoms with Crippen molar-refractivity contribution in [1.82, 2.24) is 9.59 Å². The summed E-state index contributed by atoms with van der Waals surface area (Å²) >= 11 is 1.33. The zero-order valence-electron chi connectivity index (χ0n) is 7.80. The van der Waals surface area contributed by atoms with E-state index in [2.05, 4.69) is 9.59 Å². The van der Waals surface area contributed by atoms with Crippen LogP contribution < -0.4 is 5.73 Å². The molecule has 0 spiro atoms. The minimum atomic E-state index is -0.132. The highest BCUT2D eigenvalue weighted by molar-refractivity contribution is 7.03. The van der Waals surface area contributed by atoms with E-state index in [1.165, 1.54) is 11.5 Å². The van der Waals surface area contributed by atoms with Crippen molar-refractivity contribution in [1.29, 1.82) is 0 Å². The van der Waals surface area contributed by atoms with E-state index in [-0.39, 0.29) is 6.04 Å². The van der Waals surface area contributed by atoms with Crippen molar-refractivity contribution in [3.05, 3.63) is 34.7 Å². The van der Waals surface area contributed by atoms with Crippen molar-refractivity contribution in [2.45, 2.75) is 19.4 Å². The molecule has 74 valence electrons. The Kier molecular flexibility index (Phi) is 2.60. The Bertz CT molecular complexity index is 396. The topological polar surface area (TPSA) is 64.9 Å². The maximum absolute atomic E-state index is 5.94. The lowest BCUT2D eigenvalue weighted by atomic mass is 10.1. The lowest BCUT2D eigenvalue weighted by molar-refractivity contribution is 0.443. The fourth-order valence-electron chi connectivity index (χ4n) is 1.25. The van der Waals surface area contributed by atoms with E-state index in [1.807, 2.05) is 24.4 Å². The van der Waals surface area contributed by atoms with Gasteiger partial charge in [0.1, 0.15) is 11.5 Å². The van der Waals surface area contributed by atoms with Gasteiger partial charge in [0.05, 0.1) is 11.7 Å². The summed E-state index contributed by atoms with van der Waals surface area (Å²) in [5, 5.41) is 5.83. The zero-order chi connectivity index (χ0) is 9.97. The van der Waals surface area contributed by atoms with Gasteiger partial charge >= 0.3 is 0 Å². The van der Waals surface area contributed by atoms with Crippen LogP contribution in [0.4, 0.5) is 0 Å². The average Bonchev–Trinajstić information content (AvgIpc) is 2.75. The van der Waals surface area contributed by atoms with Gasteiger partial charge in [-0.15, -0.1) is 5.10 Å². The molecule has 0 amide bonds. The number of furan rings is 1. The van der Waals surface area contributed by atoms with Crippen molar-refractivity contribution < 1.29 is 4.42 Å². The first-order valence-corrected chi connectivity index (χ1v) is 5.17. The largest absolute Gasteiger partial charge is 0.465 e. The lowest BCUT2D eigenvalue weighted by Gasteiger charge is -2.05. The summed E-state index contributed by atoms with van der Waals surface area (Å²) in [6.45, 7) is 1.90. The monoisotopic (exact) mass is 209 g/mol. The summed E-state index contributed by atoms with van der Waals surface area (Å²) in [6, 6.07) is 3.68. The van der Waals surface area contributed by atoms with E-state index in [0.29, 0.717) is 6.42 Å². The molecule has 2 rings (SSSR count). The summed E-state index contributed by atoms with van der Waals surface area (Å²) in [5.74, 6) is 1.68. The third-order valence-electron chi connectivity index (χ3n) is 1.96. The molecular formula is C9H11N3OS. The number of aromatic nitrogens is 2. The maximum Gasteiger partial charge on any atom is 0.121 e. The molecule has 0 saturated carbocycles. The van der Waals surface area contributed by atoms with Crippen LogP contribution in [0.1, 0.15) is 23.3 Å². The molecule has 0 aliphatic heterocycles. The van der Waals surface area contributed by atoms with E-state index >= 15 is 0 Å². The number of rotatable bonds is 3. The quantitative estimate of drug-likeness (QED) is 0.835. The molecule has 2 aromatic rings. The van der Waals surface area contributed by atoms with Crippen molar-refractivity contribution in [3.8, 4) is 0 Å². The molecule has 2 N–H and O–H groups in total. The highest BCUT2D eigenvalue weighted by Crippen LogP contribution is 2.17. The highest BCUT2D eigenvalue weighted by Gasteiger charge is 2.12. The summed E-state index contributed by atoms with van der Waals surface area (Å²) in [5.41, 5.74) is 6.86. The first-order chi connectivity index (χ1) is 6.75. The van der Waals surface area contributed by atoms with E-state index in [9.17, 15) is 0 Å². The Balaban J connectivity index is 2.06. The molecule has 0 aliphatic carbocycles. The maximum atomic E-state index is 5.94. The number of nitrogens with two attached hydrogens (primary N) is 1. The zero-order valence-corrected chi connectivity index (χ0v) is 8.62. The first kappa shape index (κ1) is 9.36. The summed E-state index contributed by atoms with van der Waals surface area (Å²) < 4.78 is 9.20. The molecule has 2 aromatic heterocycles. The molecule has 0 aromatic carbocycles. The van der Waals surface area contributed by atoms with Crippen LogP contribution in [0, 0.1) is 6.92 Å². The predicted molar refractivity (Wildman–Crippen MR) is 54.0 cm³/mol. The molecule has 0 aliphatic rings. The van der Waals surface area contributed by atoms with Gasteiger partial charge < -0.3 is 10.2 Å². The molecule has 4 nitrogen and oxygen atoms in total. The molecular weight excluding hydrogens is 198 g/mol. The van der Waals surface area contributed by atoms with Crippen LogP contribution in [0.15, 0.2) is 21.9 Å². The fourth-order valence-corrected chi connectivity index (χ4v) is 1.72. The number of nitrogens with zero attached hydrogens (tertiary/aromatic N) is 2. The van der Waals surface area contributed by atoms with Gasteiger partial charge in [-0.25, -0.2) is 0 Å². The summed E-state index contributed by atoms with van der Waals surface area (Å²) in [7, 11) is 0. The molecule has 1 unspecified atom stereocenters. The normalized spacial score (nSPS) is 13.0. The van der Waals surface area contributed by atoms with Gasteiger partial charge in [0.25, 0.3) is 0 Å². The van der Waals surface area contributed by atoms with Crippen molar-refractivity contribution in [2.24, 2.45) is 5.73 Å². The minimum absolute atomic E-state index is 0.132. The van der Waals surface area contributed by atoms with Gasteiger partial charge in [-0.05, 0) is 30.6 Å². The summed E-state index contributed by atoms with van der Waals surface area (Å²) in [6.07, 6.45) is 0.670. The second-order valence-corrected chi connectivity index (χ2v) is 3.77. The van der Waals surface area contributed by atoms with Gasteiger partial charge in [0, 0.05) is 11.8 Å². The van der Waals surface area contributed by atoms with Gasteiger partial charge in [0.2, 0.25) is 0 Å². The van der Waals surface area contributed by atoms with Crippen molar-refractivity contribution >= 4 is 11.5 Å². The van der Waals surface area contributed by atoms with Crippen LogP contribution in [0.25, 0.3) is 0 Å². The molecule has 0 bridgehead atoms. The number of aryl methyl sites for hydroxylation is 1. The number of hydrogen-bond acceptors (Lipinski definition) is 5. The standard InChI is InChI=1S/C9H11N3OS/c1-6-2-3-9(13-6)8(10)4-7-5-14-12-11-7/h2-3,5,8H,4,10H2,1H3. The Hall–Kier alpha value is -1.20. The SMILES string of the molecule is Cc1ccc(C(N)Cc2csnn2)o1. The summed E-state index contributed by atoms with van der Waals surface area (Å²) in [4.78, 5) is 0. The molecule has 1 atom stereocenters.